The number of nitrogens with two attached hydrogens (primary N) is 2. The average molecular weight is 285 g/mol. The number of carbonyl (C=O) groups excluding carboxylic acids is 2. The van der Waals surface area contributed by atoms with Crippen LogP contribution in [0.25, 0.3) is 0 Å². The number of benzene rings is 2. The Bertz CT molecular complexity index is 726. The lowest BCUT2D eigenvalue weighted by molar-refractivity contribution is -0.114. The highest BCUT2D eigenvalue weighted by Crippen LogP contribution is 2.13. The number of rotatable bonds is 5. The third-order valence-corrected chi connectivity index (χ3v) is 3.12. The standard InChI is InChI=1S/C16H13FN2O2/c17-14-6-5-10(7-11(14)9-20)8-15(18)12-3-1-2-4-13(12)16(19)21/h1-7,9,18H,8H2,(H2,19,21)/p+1. The van der Waals surface area contributed by atoms with E-state index in [-0.39, 0.29) is 12.0 Å². The van der Waals surface area contributed by atoms with Gasteiger partial charge in [-0.15, -0.1) is 0 Å². The first-order chi connectivity index (χ1) is 10.0. The van der Waals surface area contributed by atoms with Crippen molar-refractivity contribution in [1.29, 1.82) is 0 Å². The van der Waals surface area contributed by atoms with Gasteiger partial charge in [0.05, 0.1) is 23.1 Å². The number of carbonyl (C=O) groups is 2. The summed E-state index contributed by atoms with van der Waals surface area (Å²) >= 11 is 0. The molecule has 0 bridgehead atoms. The van der Waals surface area contributed by atoms with Crippen LogP contribution in [0.3, 0.4) is 0 Å². The third kappa shape index (κ3) is 3.20. The minimum Gasteiger partial charge on any atom is -0.366 e. The second-order valence-electron chi connectivity index (χ2n) is 4.59. The Balaban J connectivity index is 2.30. The van der Waals surface area contributed by atoms with Gasteiger partial charge in [-0.25, -0.2) is 4.39 Å². The highest BCUT2D eigenvalue weighted by atomic mass is 19.1. The van der Waals surface area contributed by atoms with Gasteiger partial charge < -0.3 is 5.73 Å². The summed E-state index contributed by atoms with van der Waals surface area (Å²) in [7, 11) is 0. The van der Waals surface area contributed by atoms with Crippen LogP contribution in [0.4, 0.5) is 4.39 Å². The van der Waals surface area contributed by atoms with Crippen LogP contribution in [-0.2, 0) is 6.42 Å². The Hall–Kier alpha value is -2.82. The van der Waals surface area contributed by atoms with Crippen LogP contribution in [0.1, 0.15) is 31.8 Å². The SMILES string of the molecule is NC(=O)c1ccccc1C(=[NH2+])Cc1ccc(F)c(C=O)c1. The Morgan fingerprint density at radius 1 is 1.19 bits per heavy atom. The first-order valence-corrected chi connectivity index (χ1v) is 6.27. The fourth-order valence-corrected chi connectivity index (χ4v) is 2.09. The molecule has 0 spiro atoms. The highest BCUT2D eigenvalue weighted by Gasteiger charge is 2.16. The molecule has 21 heavy (non-hydrogen) atoms. The van der Waals surface area contributed by atoms with E-state index in [1.807, 2.05) is 0 Å². The average Bonchev–Trinajstić information content (AvgIpc) is 2.49. The van der Waals surface area contributed by atoms with Gasteiger partial charge in [0.2, 0.25) is 5.91 Å². The van der Waals surface area contributed by atoms with Gasteiger partial charge in [0.25, 0.3) is 0 Å². The van der Waals surface area contributed by atoms with Gasteiger partial charge in [0, 0.05) is 0 Å². The molecule has 0 aliphatic carbocycles. The maximum Gasteiger partial charge on any atom is 0.249 e. The van der Waals surface area contributed by atoms with Crippen molar-refractivity contribution in [3.05, 3.63) is 70.5 Å². The lowest BCUT2D eigenvalue weighted by atomic mass is 9.97. The van der Waals surface area contributed by atoms with Crippen molar-refractivity contribution < 1.29 is 19.4 Å². The summed E-state index contributed by atoms with van der Waals surface area (Å²) in [4.78, 5) is 22.1. The van der Waals surface area contributed by atoms with Crippen LogP contribution >= 0.6 is 0 Å². The predicted octanol–water partition coefficient (Wildman–Crippen LogP) is 0.528. The monoisotopic (exact) mass is 285 g/mol. The zero-order valence-electron chi connectivity index (χ0n) is 11.2. The third-order valence-electron chi connectivity index (χ3n) is 3.12. The molecule has 0 aromatic heterocycles. The van der Waals surface area contributed by atoms with Gasteiger partial charge in [-0.1, -0.05) is 18.2 Å². The Labute approximate surface area is 120 Å². The van der Waals surface area contributed by atoms with E-state index < -0.39 is 11.7 Å². The van der Waals surface area contributed by atoms with E-state index in [2.05, 4.69) is 0 Å². The molecular formula is C16H14FN2O2+. The summed E-state index contributed by atoms with van der Waals surface area (Å²) in [6, 6.07) is 10.9. The fraction of sp³-hybridized carbons (Fsp3) is 0.0625. The second kappa shape index (κ2) is 6.09. The van der Waals surface area contributed by atoms with Crippen LogP contribution in [0.2, 0.25) is 0 Å². The van der Waals surface area contributed by atoms with Crippen molar-refractivity contribution in [3.8, 4) is 0 Å². The van der Waals surface area contributed by atoms with Crippen molar-refractivity contribution in [2.75, 3.05) is 0 Å². The van der Waals surface area contributed by atoms with E-state index in [1.165, 1.54) is 12.1 Å². The number of aldehydes is 1. The lowest BCUT2D eigenvalue weighted by Crippen LogP contribution is -2.42. The van der Waals surface area contributed by atoms with E-state index in [0.717, 1.165) is 0 Å². The summed E-state index contributed by atoms with van der Waals surface area (Å²) in [6.07, 6.45) is 0.734. The lowest BCUT2D eigenvalue weighted by Gasteiger charge is -2.05. The molecule has 0 heterocycles. The van der Waals surface area contributed by atoms with Crippen molar-refractivity contribution in [1.82, 2.24) is 0 Å². The van der Waals surface area contributed by atoms with Crippen molar-refractivity contribution in [2.24, 2.45) is 5.73 Å². The van der Waals surface area contributed by atoms with Gasteiger partial charge in [-0.2, -0.15) is 0 Å². The van der Waals surface area contributed by atoms with E-state index in [4.69, 9.17) is 11.1 Å². The maximum absolute atomic E-state index is 13.3. The molecule has 5 heteroatoms. The predicted molar refractivity (Wildman–Crippen MR) is 76.5 cm³/mol. The molecular weight excluding hydrogens is 271 g/mol. The second-order valence-corrected chi connectivity index (χ2v) is 4.59. The molecule has 4 N–H and O–H groups in total. The van der Waals surface area contributed by atoms with Gasteiger partial charge in [0.15, 0.2) is 12.0 Å². The van der Waals surface area contributed by atoms with Crippen LogP contribution < -0.4 is 11.1 Å². The van der Waals surface area contributed by atoms with Crippen molar-refractivity contribution in [3.63, 3.8) is 0 Å². The van der Waals surface area contributed by atoms with E-state index in [0.29, 0.717) is 28.7 Å². The molecule has 0 atom stereocenters. The summed E-state index contributed by atoms with van der Waals surface area (Å²) in [6.45, 7) is 0. The minimum absolute atomic E-state index is 0.0245. The fourth-order valence-electron chi connectivity index (χ4n) is 2.09. The summed E-state index contributed by atoms with van der Waals surface area (Å²) in [5.41, 5.74) is 7.25. The largest absolute Gasteiger partial charge is 0.366 e. The number of amides is 1. The van der Waals surface area contributed by atoms with Gasteiger partial charge in [0.1, 0.15) is 5.82 Å². The molecule has 2 aromatic rings. The number of halogens is 1. The van der Waals surface area contributed by atoms with E-state index >= 15 is 0 Å². The molecule has 0 saturated heterocycles. The van der Waals surface area contributed by atoms with Crippen molar-refractivity contribution >= 4 is 17.9 Å². The Kier molecular flexibility index (Phi) is 4.23. The van der Waals surface area contributed by atoms with E-state index in [9.17, 15) is 14.0 Å². The van der Waals surface area contributed by atoms with Crippen LogP contribution in [-0.4, -0.2) is 17.9 Å². The molecule has 2 rings (SSSR count). The normalized spacial score (nSPS) is 10.1. The summed E-state index contributed by atoms with van der Waals surface area (Å²) < 4.78 is 13.3. The van der Waals surface area contributed by atoms with Crippen LogP contribution in [0.5, 0.6) is 0 Å². The number of primary amides is 1. The Morgan fingerprint density at radius 3 is 2.48 bits per heavy atom. The Morgan fingerprint density at radius 2 is 1.86 bits per heavy atom. The topological polar surface area (TPSA) is 85.8 Å². The molecule has 0 aliphatic rings. The first-order valence-electron chi connectivity index (χ1n) is 6.27. The molecule has 0 unspecified atom stereocenters. The molecule has 2 aromatic carbocycles. The zero-order chi connectivity index (χ0) is 15.4. The zero-order valence-corrected chi connectivity index (χ0v) is 11.2. The maximum atomic E-state index is 13.3. The van der Waals surface area contributed by atoms with Crippen LogP contribution in [0.15, 0.2) is 42.5 Å². The van der Waals surface area contributed by atoms with Crippen molar-refractivity contribution in [2.45, 2.75) is 6.42 Å². The first kappa shape index (κ1) is 14.6. The molecule has 1 amide bonds. The number of hydrogen-bond donors (Lipinski definition) is 2. The molecule has 0 radical (unpaired) electrons. The summed E-state index contributed by atoms with van der Waals surface area (Å²) in [5.74, 6) is -1.15. The van der Waals surface area contributed by atoms with Gasteiger partial charge in [-0.05, 0) is 29.8 Å². The molecule has 0 saturated carbocycles. The smallest absolute Gasteiger partial charge is 0.249 e. The van der Waals surface area contributed by atoms with Gasteiger partial charge >= 0.3 is 0 Å². The van der Waals surface area contributed by atoms with E-state index in [1.54, 1.807) is 30.3 Å². The molecule has 0 fully saturated rings. The number of hydrogen-bond acceptors (Lipinski definition) is 2. The molecule has 4 nitrogen and oxygen atoms in total. The highest BCUT2D eigenvalue weighted by molar-refractivity contribution is 6.08. The molecule has 106 valence electrons. The quantitative estimate of drug-likeness (QED) is 0.620. The minimum atomic E-state index is -0.579. The van der Waals surface area contributed by atoms with Gasteiger partial charge in [-0.3, -0.25) is 15.0 Å². The van der Waals surface area contributed by atoms with Crippen LogP contribution in [0, 0.1) is 5.82 Å². The molecule has 0 aliphatic heterocycles. The summed E-state index contributed by atoms with van der Waals surface area (Å²) in [5, 5.41) is 6.02.